The highest BCUT2D eigenvalue weighted by molar-refractivity contribution is 9.10. The predicted molar refractivity (Wildman–Crippen MR) is 74.9 cm³/mol. The fourth-order valence-corrected chi connectivity index (χ4v) is 2.58. The van der Waals surface area contributed by atoms with E-state index < -0.39 is 0 Å². The van der Waals surface area contributed by atoms with Crippen LogP contribution in [0.3, 0.4) is 0 Å². The van der Waals surface area contributed by atoms with Gasteiger partial charge in [-0.15, -0.1) is 11.6 Å². The van der Waals surface area contributed by atoms with Crippen LogP contribution in [-0.4, -0.2) is 11.9 Å². The third-order valence-corrected chi connectivity index (χ3v) is 3.49. The predicted octanol–water partition coefficient (Wildman–Crippen LogP) is 4.33. The molecular weight excluding hydrogens is 305 g/mol. The van der Waals surface area contributed by atoms with Gasteiger partial charge in [-0.1, -0.05) is 35.8 Å². The van der Waals surface area contributed by atoms with E-state index in [0.29, 0.717) is 12.5 Å². The molecule has 0 aliphatic carbocycles. The molecule has 1 aromatic carbocycles. The van der Waals surface area contributed by atoms with Gasteiger partial charge in [0, 0.05) is 22.9 Å². The van der Waals surface area contributed by atoms with Gasteiger partial charge in [0.25, 0.3) is 0 Å². The fourth-order valence-electron chi connectivity index (χ4n) is 1.62. The first-order valence-electron chi connectivity index (χ1n) is 5.77. The molecule has 1 atom stereocenters. The maximum Gasteiger partial charge on any atom is 0.124 e. The largest absolute Gasteiger partial charge is 0.311 e. The van der Waals surface area contributed by atoms with Gasteiger partial charge in [0.15, 0.2) is 0 Å². The van der Waals surface area contributed by atoms with E-state index in [1.54, 1.807) is 6.07 Å². The standard InChI is InChI=1S/C13H18BrClFN/c1-9(2)5-11(15)8-17-7-10-3-4-12(16)6-13(10)14/h3-4,6,9,11,17H,5,7-8H2,1-2H3. The van der Waals surface area contributed by atoms with Crippen molar-refractivity contribution >= 4 is 27.5 Å². The summed E-state index contributed by atoms with van der Waals surface area (Å²) in [6.07, 6.45) is 0.999. The first-order valence-corrected chi connectivity index (χ1v) is 7.00. The van der Waals surface area contributed by atoms with E-state index in [4.69, 9.17) is 11.6 Å². The van der Waals surface area contributed by atoms with E-state index in [0.717, 1.165) is 23.0 Å². The van der Waals surface area contributed by atoms with E-state index in [2.05, 4.69) is 35.1 Å². The van der Waals surface area contributed by atoms with Crippen LogP contribution in [0.5, 0.6) is 0 Å². The Kier molecular flexibility index (Phi) is 6.45. The first-order chi connectivity index (χ1) is 7.99. The van der Waals surface area contributed by atoms with Gasteiger partial charge in [0.05, 0.1) is 0 Å². The smallest absolute Gasteiger partial charge is 0.124 e. The number of benzene rings is 1. The Labute approximate surface area is 116 Å². The fraction of sp³-hybridized carbons (Fsp3) is 0.538. The molecular formula is C13H18BrClFN. The minimum absolute atomic E-state index is 0.147. The van der Waals surface area contributed by atoms with Crippen LogP contribution in [0, 0.1) is 11.7 Å². The molecule has 0 aliphatic heterocycles. The lowest BCUT2D eigenvalue weighted by Gasteiger charge is -2.13. The van der Waals surface area contributed by atoms with Crippen molar-refractivity contribution in [3.63, 3.8) is 0 Å². The molecule has 17 heavy (non-hydrogen) atoms. The van der Waals surface area contributed by atoms with Crippen molar-refractivity contribution in [3.05, 3.63) is 34.1 Å². The number of hydrogen-bond donors (Lipinski definition) is 1. The Morgan fingerprint density at radius 1 is 1.41 bits per heavy atom. The molecule has 1 unspecified atom stereocenters. The molecule has 0 aliphatic rings. The molecule has 1 rings (SSSR count). The van der Waals surface area contributed by atoms with Crippen molar-refractivity contribution in [3.8, 4) is 0 Å². The van der Waals surface area contributed by atoms with E-state index in [9.17, 15) is 4.39 Å². The van der Waals surface area contributed by atoms with Crippen LogP contribution in [0.2, 0.25) is 0 Å². The minimum Gasteiger partial charge on any atom is -0.311 e. The van der Waals surface area contributed by atoms with Gasteiger partial charge in [-0.3, -0.25) is 0 Å². The molecule has 1 nitrogen and oxygen atoms in total. The minimum atomic E-state index is -0.226. The molecule has 0 spiro atoms. The Bertz CT molecular complexity index is 357. The van der Waals surface area contributed by atoms with E-state index >= 15 is 0 Å². The zero-order valence-electron chi connectivity index (χ0n) is 10.1. The first kappa shape index (κ1) is 14.9. The molecule has 0 amide bonds. The molecule has 1 aromatic rings. The van der Waals surface area contributed by atoms with Crippen molar-refractivity contribution in [2.75, 3.05) is 6.54 Å². The normalized spacial score (nSPS) is 13.1. The Balaban J connectivity index is 2.35. The van der Waals surface area contributed by atoms with Gasteiger partial charge in [-0.2, -0.15) is 0 Å². The van der Waals surface area contributed by atoms with Crippen LogP contribution in [0.15, 0.2) is 22.7 Å². The lowest BCUT2D eigenvalue weighted by atomic mass is 10.1. The van der Waals surface area contributed by atoms with Gasteiger partial charge in [0.2, 0.25) is 0 Å². The summed E-state index contributed by atoms with van der Waals surface area (Å²) in [5, 5.41) is 3.43. The third kappa shape index (κ3) is 5.84. The summed E-state index contributed by atoms with van der Waals surface area (Å²) >= 11 is 9.51. The van der Waals surface area contributed by atoms with Crippen molar-refractivity contribution in [2.24, 2.45) is 5.92 Å². The average Bonchev–Trinajstić information content (AvgIpc) is 2.20. The summed E-state index contributed by atoms with van der Waals surface area (Å²) in [6, 6.07) is 4.72. The van der Waals surface area contributed by atoms with E-state index in [-0.39, 0.29) is 11.2 Å². The second-order valence-corrected chi connectivity index (χ2v) is 6.07. The second-order valence-electron chi connectivity index (χ2n) is 4.59. The molecule has 1 N–H and O–H groups in total. The topological polar surface area (TPSA) is 12.0 Å². The SMILES string of the molecule is CC(C)CC(Cl)CNCc1ccc(F)cc1Br. The molecule has 0 radical (unpaired) electrons. The monoisotopic (exact) mass is 321 g/mol. The number of nitrogens with one attached hydrogen (secondary N) is 1. The van der Waals surface area contributed by atoms with Gasteiger partial charge in [0.1, 0.15) is 5.82 Å². The molecule has 0 saturated heterocycles. The number of hydrogen-bond acceptors (Lipinski definition) is 1. The maximum absolute atomic E-state index is 12.9. The van der Waals surface area contributed by atoms with Crippen molar-refractivity contribution in [2.45, 2.75) is 32.2 Å². The average molecular weight is 323 g/mol. The van der Waals surface area contributed by atoms with Crippen LogP contribution in [0.25, 0.3) is 0 Å². The molecule has 0 bridgehead atoms. The molecule has 96 valence electrons. The lowest BCUT2D eigenvalue weighted by molar-refractivity contribution is 0.533. The van der Waals surface area contributed by atoms with Gasteiger partial charge in [-0.25, -0.2) is 4.39 Å². The summed E-state index contributed by atoms with van der Waals surface area (Å²) in [6.45, 7) is 5.78. The summed E-state index contributed by atoms with van der Waals surface area (Å²) < 4.78 is 13.7. The zero-order chi connectivity index (χ0) is 12.8. The Morgan fingerprint density at radius 2 is 2.12 bits per heavy atom. The summed E-state index contributed by atoms with van der Waals surface area (Å²) in [7, 11) is 0. The van der Waals surface area contributed by atoms with Gasteiger partial charge < -0.3 is 5.32 Å². The van der Waals surface area contributed by atoms with Crippen molar-refractivity contribution < 1.29 is 4.39 Å². The van der Waals surface area contributed by atoms with Crippen LogP contribution in [-0.2, 0) is 6.54 Å². The highest BCUT2D eigenvalue weighted by Crippen LogP contribution is 2.18. The number of alkyl halides is 1. The van der Waals surface area contributed by atoms with Crippen LogP contribution in [0.4, 0.5) is 4.39 Å². The second kappa shape index (κ2) is 7.34. The zero-order valence-corrected chi connectivity index (χ0v) is 12.5. The molecule has 0 heterocycles. The van der Waals surface area contributed by atoms with Gasteiger partial charge in [-0.05, 0) is 30.0 Å². The van der Waals surface area contributed by atoms with Crippen molar-refractivity contribution in [1.29, 1.82) is 0 Å². The molecule has 0 fully saturated rings. The third-order valence-electron chi connectivity index (χ3n) is 2.42. The number of rotatable bonds is 6. The quantitative estimate of drug-likeness (QED) is 0.769. The highest BCUT2D eigenvalue weighted by Gasteiger charge is 2.07. The summed E-state index contributed by atoms with van der Waals surface area (Å²) in [5.74, 6) is 0.382. The van der Waals surface area contributed by atoms with Crippen LogP contribution in [0.1, 0.15) is 25.8 Å². The summed E-state index contributed by atoms with van der Waals surface area (Å²) in [5.41, 5.74) is 1.04. The summed E-state index contributed by atoms with van der Waals surface area (Å²) in [4.78, 5) is 0. The van der Waals surface area contributed by atoms with Crippen LogP contribution >= 0.6 is 27.5 Å². The van der Waals surface area contributed by atoms with Gasteiger partial charge >= 0.3 is 0 Å². The lowest BCUT2D eigenvalue weighted by Crippen LogP contribution is -2.24. The molecule has 4 heteroatoms. The Morgan fingerprint density at radius 3 is 2.71 bits per heavy atom. The molecule has 0 aromatic heterocycles. The Hall–Kier alpha value is -0.120. The molecule has 0 saturated carbocycles. The number of halogens is 3. The van der Waals surface area contributed by atoms with Crippen LogP contribution < -0.4 is 5.32 Å². The van der Waals surface area contributed by atoms with Crippen molar-refractivity contribution in [1.82, 2.24) is 5.32 Å². The van der Waals surface area contributed by atoms with E-state index in [1.165, 1.54) is 12.1 Å². The highest BCUT2D eigenvalue weighted by atomic mass is 79.9. The maximum atomic E-state index is 12.9. The van der Waals surface area contributed by atoms with E-state index in [1.807, 2.05) is 0 Å².